The third-order valence-electron chi connectivity index (χ3n) is 6.89. The minimum atomic E-state index is -0.735. The maximum Gasteiger partial charge on any atom is 0.290 e. The lowest BCUT2D eigenvalue weighted by molar-refractivity contribution is -0.908. The van der Waals surface area contributed by atoms with Crippen molar-refractivity contribution in [1.29, 1.82) is 0 Å². The Morgan fingerprint density at radius 1 is 1.16 bits per heavy atom. The molecular formula is C29H31N2O6+. The van der Waals surface area contributed by atoms with Crippen LogP contribution in [0, 0.1) is 0 Å². The average molecular weight is 504 g/mol. The lowest BCUT2D eigenvalue weighted by Crippen LogP contribution is -3.14. The Bertz CT molecular complexity index is 1290. The summed E-state index contributed by atoms with van der Waals surface area (Å²) in [6, 6.07) is 15.4. The summed E-state index contributed by atoms with van der Waals surface area (Å²) in [5.74, 6) is -0.838. The second-order valence-corrected chi connectivity index (χ2v) is 9.28. The number of nitrogens with zero attached hydrogens (tertiary/aromatic N) is 1. The van der Waals surface area contributed by atoms with Crippen LogP contribution in [0.1, 0.15) is 28.6 Å². The molecule has 8 nitrogen and oxygen atoms in total. The van der Waals surface area contributed by atoms with Crippen LogP contribution in [-0.4, -0.2) is 67.7 Å². The largest absolute Gasteiger partial charge is 0.503 e. The molecule has 1 saturated heterocycles. The molecule has 0 saturated carbocycles. The molecule has 0 bridgehead atoms. The van der Waals surface area contributed by atoms with E-state index in [1.54, 1.807) is 35.2 Å². The van der Waals surface area contributed by atoms with Crippen molar-refractivity contribution in [3.8, 4) is 5.75 Å². The molecule has 2 aliphatic heterocycles. The number of fused-ring (bicyclic) bond motifs is 1. The molecular weight excluding hydrogens is 472 g/mol. The number of carbonyl (C=O) groups excluding carboxylic acids is 2. The molecule has 1 atom stereocenters. The number of hydrogen-bond donors (Lipinski definition) is 2. The van der Waals surface area contributed by atoms with Gasteiger partial charge >= 0.3 is 0 Å². The maximum absolute atomic E-state index is 13.7. The van der Waals surface area contributed by atoms with E-state index in [1.165, 1.54) is 4.90 Å². The van der Waals surface area contributed by atoms with Crippen molar-refractivity contribution >= 4 is 22.7 Å². The quantitative estimate of drug-likeness (QED) is 0.327. The number of Topliss-reactive ketones (excluding diaryl/α,β-unsaturated/α-hetero) is 1. The standard InChI is InChI=1S/C29H30N2O6/c1-2-16-36-22-10-8-20(9-11-22)26-25(27(32)24-19-21-6-3-4-7-23(21)37-24)28(33)29(34)31(26)13-5-12-30-14-17-35-18-15-30/h2-4,6-11,19,26,33H,1,5,12-18H2/p+1/t26-/m1/s1. The monoisotopic (exact) mass is 503 g/mol. The number of benzene rings is 2. The summed E-state index contributed by atoms with van der Waals surface area (Å²) in [6.07, 6.45) is 2.39. The number of rotatable bonds is 10. The van der Waals surface area contributed by atoms with Gasteiger partial charge in [-0.1, -0.05) is 43.0 Å². The van der Waals surface area contributed by atoms with Gasteiger partial charge in [-0.15, -0.1) is 0 Å². The van der Waals surface area contributed by atoms with E-state index in [4.69, 9.17) is 13.9 Å². The minimum absolute atomic E-state index is 0.0301. The molecule has 2 aliphatic rings. The molecule has 1 fully saturated rings. The number of para-hydroxylation sites is 1. The summed E-state index contributed by atoms with van der Waals surface area (Å²) >= 11 is 0. The number of aliphatic hydroxyl groups excluding tert-OH is 1. The van der Waals surface area contributed by atoms with Crippen molar-refractivity contribution in [2.45, 2.75) is 12.5 Å². The Kier molecular flexibility index (Phi) is 7.39. The van der Waals surface area contributed by atoms with Gasteiger partial charge in [0.25, 0.3) is 5.91 Å². The molecule has 0 radical (unpaired) electrons. The van der Waals surface area contributed by atoms with E-state index in [0.717, 1.165) is 44.7 Å². The highest BCUT2D eigenvalue weighted by Gasteiger charge is 2.44. The van der Waals surface area contributed by atoms with Gasteiger partial charge in [0.05, 0.1) is 31.4 Å². The van der Waals surface area contributed by atoms with Gasteiger partial charge in [-0.05, 0) is 29.8 Å². The topological polar surface area (TPSA) is 93.7 Å². The summed E-state index contributed by atoms with van der Waals surface area (Å²) in [5.41, 5.74) is 1.31. The van der Waals surface area contributed by atoms with Crippen molar-refractivity contribution in [2.24, 2.45) is 0 Å². The van der Waals surface area contributed by atoms with Crippen molar-refractivity contribution < 1.29 is 33.5 Å². The van der Waals surface area contributed by atoms with Gasteiger partial charge in [-0.25, -0.2) is 0 Å². The van der Waals surface area contributed by atoms with Gasteiger partial charge in [0, 0.05) is 18.4 Å². The molecule has 5 rings (SSSR count). The number of morpholine rings is 1. The summed E-state index contributed by atoms with van der Waals surface area (Å²) < 4.78 is 16.8. The van der Waals surface area contributed by atoms with Gasteiger partial charge < -0.3 is 28.8 Å². The van der Waals surface area contributed by atoms with Gasteiger partial charge in [-0.2, -0.15) is 0 Å². The van der Waals surface area contributed by atoms with Gasteiger partial charge in [-0.3, -0.25) is 9.59 Å². The van der Waals surface area contributed by atoms with Crippen LogP contribution < -0.4 is 9.64 Å². The lowest BCUT2D eigenvalue weighted by Gasteiger charge is -2.28. The Morgan fingerprint density at radius 2 is 1.92 bits per heavy atom. The second-order valence-electron chi connectivity index (χ2n) is 9.28. The molecule has 3 aromatic rings. The number of furan rings is 1. The number of quaternary nitrogens is 1. The number of nitrogens with one attached hydrogen (secondary N) is 1. The van der Waals surface area contributed by atoms with Crippen LogP contribution in [0.25, 0.3) is 11.0 Å². The van der Waals surface area contributed by atoms with E-state index in [9.17, 15) is 14.7 Å². The zero-order valence-electron chi connectivity index (χ0n) is 20.7. The Morgan fingerprint density at radius 3 is 2.65 bits per heavy atom. The van der Waals surface area contributed by atoms with Crippen molar-refractivity contribution in [1.82, 2.24) is 4.90 Å². The molecule has 37 heavy (non-hydrogen) atoms. The van der Waals surface area contributed by atoms with E-state index in [2.05, 4.69) is 6.58 Å². The predicted molar refractivity (Wildman–Crippen MR) is 138 cm³/mol. The normalized spacial score (nSPS) is 18.5. The molecule has 2 aromatic carbocycles. The highest BCUT2D eigenvalue weighted by atomic mass is 16.5. The minimum Gasteiger partial charge on any atom is -0.503 e. The zero-order valence-corrected chi connectivity index (χ0v) is 20.7. The molecule has 0 unspecified atom stereocenters. The summed E-state index contributed by atoms with van der Waals surface area (Å²) in [7, 11) is 0. The summed E-state index contributed by atoms with van der Waals surface area (Å²) in [6.45, 7) is 8.65. The van der Waals surface area contributed by atoms with Gasteiger partial charge in [0.1, 0.15) is 31.0 Å². The van der Waals surface area contributed by atoms with Crippen LogP contribution in [0.2, 0.25) is 0 Å². The smallest absolute Gasteiger partial charge is 0.290 e. The first kappa shape index (κ1) is 24.8. The highest BCUT2D eigenvalue weighted by Crippen LogP contribution is 2.40. The molecule has 8 heteroatoms. The van der Waals surface area contributed by atoms with Crippen LogP contribution in [0.4, 0.5) is 0 Å². The Labute approximate surface area is 215 Å². The number of hydrogen-bond acceptors (Lipinski definition) is 6. The maximum atomic E-state index is 13.7. The number of carbonyl (C=O) groups is 2. The number of aliphatic hydroxyl groups is 1. The van der Waals surface area contributed by atoms with Crippen molar-refractivity contribution in [3.63, 3.8) is 0 Å². The van der Waals surface area contributed by atoms with Crippen LogP contribution in [0.3, 0.4) is 0 Å². The zero-order chi connectivity index (χ0) is 25.8. The molecule has 192 valence electrons. The molecule has 0 spiro atoms. The van der Waals surface area contributed by atoms with Crippen molar-refractivity contribution in [2.75, 3.05) is 46.0 Å². The van der Waals surface area contributed by atoms with E-state index in [0.29, 0.717) is 30.0 Å². The van der Waals surface area contributed by atoms with Crippen LogP contribution in [-0.2, 0) is 9.53 Å². The number of ketones is 1. The van der Waals surface area contributed by atoms with Crippen LogP contribution in [0.5, 0.6) is 5.75 Å². The molecule has 0 aliphatic carbocycles. The first-order valence-electron chi connectivity index (χ1n) is 12.6. The summed E-state index contributed by atoms with van der Waals surface area (Å²) in [5, 5.41) is 11.7. The highest BCUT2D eigenvalue weighted by molar-refractivity contribution is 6.16. The van der Waals surface area contributed by atoms with Crippen LogP contribution in [0.15, 0.2) is 83.0 Å². The third kappa shape index (κ3) is 5.16. The van der Waals surface area contributed by atoms with Gasteiger partial charge in [0.2, 0.25) is 5.78 Å². The van der Waals surface area contributed by atoms with E-state index in [1.807, 2.05) is 30.3 Å². The second kappa shape index (κ2) is 11.0. The molecule has 1 amide bonds. The number of ether oxygens (including phenoxy) is 2. The molecule has 2 N–H and O–H groups in total. The SMILES string of the molecule is C=CCOc1ccc([C@@H]2C(C(=O)c3cc4ccccc4o3)=C(O)C(=O)N2CCC[NH+]2CCOCC2)cc1. The van der Waals surface area contributed by atoms with Gasteiger partial charge in [0.15, 0.2) is 11.5 Å². The average Bonchev–Trinajstić information content (AvgIpc) is 3.47. The number of amides is 1. The predicted octanol–water partition coefficient (Wildman–Crippen LogP) is 2.88. The fourth-order valence-electron chi connectivity index (χ4n) is 5.00. The van der Waals surface area contributed by atoms with Crippen LogP contribution >= 0.6 is 0 Å². The van der Waals surface area contributed by atoms with E-state index in [-0.39, 0.29) is 11.3 Å². The van der Waals surface area contributed by atoms with E-state index >= 15 is 0 Å². The van der Waals surface area contributed by atoms with E-state index < -0.39 is 23.5 Å². The Hall–Kier alpha value is -3.88. The fourth-order valence-corrected chi connectivity index (χ4v) is 5.00. The lowest BCUT2D eigenvalue weighted by atomic mass is 9.95. The molecule has 1 aromatic heterocycles. The first-order chi connectivity index (χ1) is 18.1. The van der Waals surface area contributed by atoms with Crippen molar-refractivity contribution in [3.05, 3.63) is 89.9 Å². The first-order valence-corrected chi connectivity index (χ1v) is 12.6. The fraction of sp³-hybridized carbons (Fsp3) is 0.310. The molecule has 3 heterocycles. The summed E-state index contributed by atoms with van der Waals surface area (Å²) in [4.78, 5) is 30.0. The third-order valence-corrected chi connectivity index (χ3v) is 6.89. The Balaban J connectivity index is 1.44.